The van der Waals surface area contributed by atoms with Gasteiger partial charge in [-0.05, 0) is 50.1 Å². The number of carbonyl (C=O) groups excluding carboxylic acids is 2. The van der Waals surface area contributed by atoms with Gasteiger partial charge in [0.25, 0.3) is 11.8 Å². The van der Waals surface area contributed by atoms with Gasteiger partial charge >= 0.3 is 6.18 Å². The standard InChI is InChI=1S/C30H24F5N5O4/c1-29-9-4-10-40(29)39(15-16-5-3-6-20(31)25(16)32)28(43)24(26(29)41)27(42)38-21-8-7-18(30(33,34)35)12-19(21)17-11-23(44-2)22(13-36)37-14-17/h3,5-8,11-12,14,41H,4,9-10,15H2,1-2H3,(H,38,42). The lowest BCUT2D eigenvalue weighted by atomic mass is 9.90. The third kappa shape index (κ3) is 5.19. The van der Waals surface area contributed by atoms with Crippen molar-refractivity contribution in [3.8, 4) is 22.9 Å². The van der Waals surface area contributed by atoms with Gasteiger partial charge in [0.15, 0.2) is 23.1 Å². The monoisotopic (exact) mass is 613 g/mol. The third-order valence-electron chi connectivity index (χ3n) is 7.75. The van der Waals surface area contributed by atoms with Crippen LogP contribution in [0, 0.1) is 23.0 Å². The lowest BCUT2D eigenvalue weighted by Gasteiger charge is -2.46. The van der Waals surface area contributed by atoms with Crippen LogP contribution in [0.2, 0.25) is 0 Å². The average Bonchev–Trinajstić information content (AvgIpc) is 3.39. The van der Waals surface area contributed by atoms with Gasteiger partial charge in [-0.3, -0.25) is 14.6 Å². The Kier molecular flexibility index (Phi) is 7.77. The number of halogens is 5. The number of nitriles is 1. The van der Waals surface area contributed by atoms with Crippen molar-refractivity contribution in [3.05, 3.63) is 88.4 Å². The molecule has 2 amide bonds. The Morgan fingerprint density at radius 1 is 1.23 bits per heavy atom. The van der Waals surface area contributed by atoms with Gasteiger partial charge in [-0.2, -0.15) is 18.4 Å². The van der Waals surface area contributed by atoms with Crippen molar-refractivity contribution in [2.75, 3.05) is 19.0 Å². The number of ether oxygens (including phenoxy) is 1. The first-order valence-electron chi connectivity index (χ1n) is 13.2. The summed E-state index contributed by atoms with van der Waals surface area (Å²) in [5.41, 5.74) is -3.59. The summed E-state index contributed by atoms with van der Waals surface area (Å²) in [4.78, 5) is 31.3. The van der Waals surface area contributed by atoms with Crippen molar-refractivity contribution in [1.82, 2.24) is 15.0 Å². The molecule has 0 radical (unpaired) electrons. The second-order valence-electron chi connectivity index (χ2n) is 10.4. The molecular weight excluding hydrogens is 589 g/mol. The molecule has 3 heterocycles. The first-order valence-corrected chi connectivity index (χ1v) is 13.2. The van der Waals surface area contributed by atoms with E-state index in [1.165, 1.54) is 30.3 Å². The second-order valence-corrected chi connectivity index (χ2v) is 10.4. The first kappa shape index (κ1) is 30.4. The Hall–Kier alpha value is -5.03. The number of nitrogens with zero attached hydrogens (tertiary/aromatic N) is 4. The zero-order chi connectivity index (χ0) is 32.0. The van der Waals surface area contributed by atoms with E-state index in [4.69, 9.17) is 4.74 Å². The van der Waals surface area contributed by atoms with Crippen molar-refractivity contribution in [2.24, 2.45) is 0 Å². The van der Waals surface area contributed by atoms with Crippen LogP contribution in [0.4, 0.5) is 27.6 Å². The Labute approximate surface area is 247 Å². The number of amides is 2. The highest BCUT2D eigenvalue weighted by Gasteiger charge is 2.52. The number of benzene rings is 2. The Bertz CT molecular complexity index is 1750. The van der Waals surface area contributed by atoms with Crippen LogP contribution < -0.4 is 10.1 Å². The topological polar surface area (TPSA) is 119 Å². The predicted molar refractivity (Wildman–Crippen MR) is 145 cm³/mol. The minimum Gasteiger partial charge on any atom is -0.509 e. The molecule has 2 aliphatic heterocycles. The minimum absolute atomic E-state index is 0.0306. The molecular formula is C30H24F5N5O4. The number of hydrogen-bond acceptors (Lipinski definition) is 7. The molecule has 0 spiro atoms. The van der Waals surface area contributed by atoms with Gasteiger partial charge in [-0.25, -0.2) is 18.8 Å². The van der Waals surface area contributed by atoms with Crippen molar-refractivity contribution in [3.63, 3.8) is 0 Å². The molecule has 3 aromatic rings. The van der Waals surface area contributed by atoms with E-state index in [1.807, 2.05) is 0 Å². The van der Waals surface area contributed by atoms with Crippen LogP contribution >= 0.6 is 0 Å². The van der Waals surface area contributed by atoms with Crippen molar-refractivity contribution in [2.45, 2.75) is 38.0 Å². The van der Waals surface area contributed by atoms with Crippen LogP contribution in [0.3, 0.4) is 0 Å². The summed E-state index contributed by atoms with van der Waals surface area (Å²) < 4.78 is 74.6. The molecule has 0 saturated carbocycles. The number of pyridine rings is 1. The number of aromatic nitrogens is 1. The second kappa shape index (κ2) is 11.2. The summed E-state index contributed by atoms with van der Waals surface area (Å²) in [6.45, 7) is 1.40. The quantitative estimate of drug-likeness (QED) is 0.279. The molecule has 1 saturated heterocycles. The van der Waals surface area contributed by atoms with Gasteiger partial charge in [0.05, 0.1) is 24.8 Å². The largest absolute Gasteiger partial charge is 0.509 e. The van der Waals surface area contributed by atoms with Gasteiger partial charge < -0.3 is 15.2 Å². The highest BCUT2D eigenvalue weighted by atomic mass is 19.4. The molecule has 1 unspecified atom stereocenters. The number of methoxy groups -OCH3 is 1. The van der Waals surface area contributed by atoms with Crippen LogP contribution in [0.25, 0.3) is 11.1 Å². The smallest absolute Gasteiger partial charge is 0.416 e. The van der Waals surface area contributed by atoms with E-state index in [0.717, 1.165) is 35.5 Å². The molecule has 1 fully saturated rings. The molecule has 228 valence electrons. The van der Waals surface area contributed by atoms with Gasteiger partial charge in [0.2, 0.25) is 0 Å². The van der Waals surface area contributed by atoms with Crippen LogP contribution in [-0.4, -0.2) is 51.1 Å². The number of nitrogens with one attached hydrogen (secondary N) is 1. The van der Waals surface area contributed by atoms with Crippen LogP contribution in [0.15, 0.2) is 60.0 Å². The zero-order valence-electron chi connectivity index (χ0n) is 23.3. The van der Waals surface area contributed by atoms with Crippen LogP contribution in [-0.2, 0) is 22.3 Å². The molecule has 1 atom stereocenters. The Morgan fingerprint density at radius 3 is 2.66 bits per heavy atom. The number of aliphatic hydroxyl groups excluding tert-OH is 1. The molecule has 44 heavy (non-hydrogen) atoms. The highest BCUT2D eigenvalue weighted by molar-refractivity contribution is 6.24. The molecule has 0 aliphatic carbocycles. The van der Waals surface area contributed by atoms with Gasteiger partial charge in [0, 0.05) is 35.1 Å². The predicted octanol–water partition coefficient (Wildman–Crippen LogP) is 5.49. The summed E-state index contributed by atoms with van der Waals surface area (Å²) >= 11 is 0. The summed E-state index contributed by atoms with van der Waals surface area (Å²) in [5, 5.41) is 25.5. The number of alkyl halides is 3. The van der Waals surface area contributed by atoms with Gasteiger partial charge in [-0.15, -0.1) is 0 Å². The first-order chi connectivity index (χ1) is 20.8. The highest BCUT2D eigenvalue weighted by Crippen LogP contribution is 2.43. The maximum atomic E-state index is 14.6. The van der Waals surface area contributed by atoms with Crippen molar-refractivity contribution < 1.29 is 41.4 Å². The number of aliphatic hydroxyl groups is 1. The summed E-state index contributed by atoms with van der Waals surface area (Å²) in [5.74, 6) is -5.05. The number of fused-ring (bicyclic) bond motifs is 1. The molecule has 2 N–H and O–H groups in total. The lowest BCUT2D eigenvalue weighted by molar-refractivity contribution is -0.160. The van der Waals surface area contributed by atoms with E-state index in [0.29, 0.717) is 12.8 Å². The van der Waals surface area contributed by atoms with E-state index in [9.17, 15) is 41.9 Å². The molecule has 1 aromatic heterocycles. The van der Waals surface area contributed by atoms with Crippen molar-refractivity contribution in [1.29, 1.82) is 5.26 Å². The summed E-state index contributed by atoms with van der Waals surface area (Å²) in [6, 6.07) is 9.01. The Morgan fingerprint density at radius 2 is 1.98 bits per heavy atom. The number of hydrogen-bond donors (Lipinski definition) is 2. The summed E-state index contributed by atoms with van der Waals surface area (Å²) in [6.07, 6.45) is -2.81. The van der Waals surface area contributed by atoms with E-state index in [2.05, 4.69) is 10.3 Å². The van der Waals surface area contributed by atoms with Crippen LogP contribution in [0.5, 0.6) is 5.75 Å². The van der Waals surface area contributed by atoms with E-state index in [-0.39, 0.29) is 40.4 Å². The van der Waals surface area contributed by atoms with Gasteiger partial charge in [-0.1, -0.05) is 12.1 Å². The normalized spacial score (nSPS) is 18.7. The molecule has 0 bridgehead atoms. The summed E-state index contributed by atoms with van der Waals surface area (Å²) in [7, 11) is 1.24. The number of hydrazine groups is 1. The van der Waals surface area contributed by atoms with E-state index >= 15 is 0 Å². The Balaban J connectivity index is 1.57. The molecule has 9 nitrogen and oxygen atoms in total. The van der Waals surface area contributed by atoms with Gasteiger partial charge in [0.1, 0.15) is 17.4 Å². The molecule has 2 aliphatic rings. The number of rotatable bonds is 6. The van der Waals surface area contributed by atoms with E-state index in [1.54, 1.807) is 13.0 Å². The zero-order valence-corrected chi connectivity index (χ0v) is 23.3. The fourth-order valence-corrected chi connectivity index (χ4v) is 5.46. The molecule has 2 aromatic carbocycles. The SMILES string of the molecule is COc1cc(-c2cc(C(F)(F)F)ccc2NC(=O)C2=C(O)C3(C)CCCN3N(Cc3cccc(F)c3F)C2=O)cnc1C#N. The fourth-order valence-electron chi connectivity index (χ4n) is 5.46. The minimum atomic E-state index is -4.76. The maximum absolute atomic E-state index is 14.6. The lowest BCUT2D eigenvalue weighted by Crippen LogP contribution is -2.60. The van der Waals surface area contributed by atoms with Crippen LogP contribution in [0.1, 0.15) is 36.6 Å². The fraction of sp³-hybridized carbons (Fsp3) is 0.267. The maximum Gasteiger partial charge on any atom is 0.416 e. The average molecular weight is 614 g/mol. The third-order valence-corrected chi connectivity index (χ3v) is 7.75. The molecule has 5 rings (SSSR count). The molecule has 14 heteroatoms. The number of carbonyl (C=O) groups is 2. The van der Waals surface area contributed by atoms with E-state index < -0.39 is 58.6 Å². The number of anilines is 1. The van der Waals surface area contributed by atoms with Crippen molar-refractivity contribution >= 4 is 17.5 Å².